The van der Waals surface area contributed by atoms with E-state index in [9.17, 15) is 0 Å². The molecule has 1 aromatic carbocycles. The van der Waals surface area contributed by atoms with Crippen molar-refractivity contribution in [2.24, 2.45) is 0 Å². The summed E-state index contributed by atoms with van der Waals surface area (Å²) >= 11 is 6.44. The number of rotatable bonds is 2. The topological polar surface area (TPSA) is 33.4 Å². The van der Waals surface area contributed by atoms with Gasteiger partial charge >= 0.3 is 0 Å². The number of hydrogen-bond donors (Lipinski definition) is 0. The predicted molar refractivity (Wildman–Crippen MR) is 104 cm³/mol. The van der Waals surface area contributed by atoms with E-state index in [1.54, 1.807) is 0 Å². The van der Waals surface area contributed by atoms with Crippen molar-refractivity contribution in [3.05, 3.63) is 47.2 Å². The van der Waals surface area contributed by atoms with Crippen LogP contribution in [0.5, 0.6) is 0 Å². The first kappa shape index (κ1) is 16.4. The molecule has 1 fully saturated rings. The quantitative estimate of drug-likeness (QED) is 0.653. The third-order valence-electron chi connectivity index (χ3n) is 4.82. The summed E-state index contributed by atoms with van der Waals surface area (Å²) in [5.74, 6) is 1.13. The van der Waals surface area contributed by atoms with Gasteiger partial charge in [-0.25, -0.2) is 4.98 Å². The van der Waals surface area contributed by atoms with E-state index in [0.717, 1.165) is 46.4 Å². The normalized spacial score (nSPS) is 15.3. The predicted octanol–water partition coefficient (Wildman–Crippen LogP) is 4.95. The Hall–Kier alpha value is -2.07. The van der Waals surface area contributed by atoms with E-state index in [-0.39, 0.29) is 5.41 Å². The molecule has 0 bridgehead atoms. The lowest BCUT2D eigenvalue weighted by molar-refractivity contribution is 0.568. The summed E-state index contributed by atoms with van der Waals surface area (Å²) in [5.41, 5.74) is 3.89. The monoisotopic (exact) mass is 354 g/mol. The van der Waals surface area contributed by atoms with E-state index >= 15 is 0 Å². The van der Waals surface area contributed by atoms with Gasteiger partial charge in [-0.15, -0.1) is 0 Å². The molecule has 1 aliphatic rings. The van der Waals surface area contributed by atoms with Crippen LogP contribution in [0.1, 0.15) is 39.3 Å². The van der Waals surface area contributed by atoms with E-state index in [4.69, 9.17) is 16.6 Å². The van der Waals surface area contributed by atoms with E-state index in [0.29, 0.717) is 0 Å². The maximum absolute atomic E-state index is 6.44. The lowest BCUT2D eigenvalue weighted by Crippen LogP contribution is -2.23. The fraction of sp³-hybridized carbons (Fsp3) is 0.400. The van der Waals surface area contributed by atoms with Gasteiger partial charge < -0.3 is 4.90 Å². The Balaban J connectivity index is 1.98. The molecule has 0 saturated carbocycles. The first-order valence-corrected chi connectivity index (χ1v) is 9.22. The lowest BCUT2D eigenvalue weighted by Gasteiger charge is -2.23. The number of nitrogens with zero attached hydrogens (tertiary/aromatic N) is 4. The molecule has 0 radical (unpaired) electrons. The van der Waals surface area contributed by atoms with Gasteiger partial charge in [0.1, 0.15) is 5.82 Å². The van der Waals surface area contributed by atoms with E-state index in [1.165, 1.54) is 12.8 Å². The van der Waals surface area contributed by atoms with Crippen molar-refractivity contribution in [2.75, 3.05) is 18.0 Å². The molecule has 4 nitrogen and oxygen atoms in total. The molecule has 0 amide bonds. The molecule has 0 aliphatic carbocycles. The number of anilines is 1. The number of halogens is 1. The van der Waals surface area contributed by atoms with Crippen LogP contribution < -0.4 is 4.90 Å². The van der Waals surface area contributed by atoms with Gasteiger partial charge in [-0.2, -0.15) is 9.61 Å². The van der Waals surface area contributed by atoms with Gasteiger partial charge in [0, 0.05) is 40.7 Å². The minimum atomic E-state index is -0.0295. The average molecular weight is 355 g/mol. The molecule has 0 spiro atoms. The number of hydrogen-bond acceptors (Lipinski definition) is 3. The lowest BCUT2D eigenvalue weighted by atomic mass is 9.92. The van der Waals surface area contributed by atoms with Crippen molar-refractivity contribution in [2.45, 2.75) is 39.0 Å². The van der Waals surface area contributed by atoms with Gasteiger partial charge in [0.2, 0.25) is 0 Å². The standard InChI is InChI=1S/C20H23ClN4/c1-20(2,3)17-12-18(24-10-6-7-11-24)25-19(23-17)15(13-22-25)14-8-4-5-9-16(14)21/h4-5,8-9,12-13H,6-7,10-11H2,1-3H3. The van der Waals surface area contributed by atoms with Crippen LogP contribution in [0.4, 0.5) is 5.82 Å². The molecule has 1 saturated heterocycles. The van der Waals surface area contributed by atoms with Crippen molar-refractivity contribution in [1.29, 1.82) is 0 Å². The highest BCUT2D eigenvalue weighted by Crippen LogP contribution is 2.34. The Bertz CT molecular complexity index is 917. The van der Waals surface area contributed by atoms with E-state index in [2.05, 4.69) is 36.8 Å². The average Bonchev–Trinajstić information content (AvgIpc) is 3.23. The molecule has 1 aliphatic heterocycles. The Labute approximate surface area is 153 Å². The maximum atomic E-state index is 6.44. The zero-order valence-electron chi connectivity index (χ0n) is 15.0. The first-order chi connectivity index (χ1) is 11.9. The largest absolute Gasteiger partial charge is 0.356 e. The van der Waals surface area contributed by atoms with Gasteiger partial charge in [0.05, 0.1) is 11.9 Å². The molecule has 2 aromatic heterocycles. The van der Waals surface area contributed by atoms with Crippen LogP contribution in [0, 0.1) is 0 Å². The SMILES string of the molecule is CC(C)(C)c1cc(N2CCCC2)n2ncc(-c3ccccc3Cl)c2n1. The Morgan fingerprint density at radius 1 is 1.04 bits per heavy atom. The summed E-state index contributed by atoms with van der Waals surface area (Å²) in [6, 6.07) is 10.1. The van der Waals surface area contributed by atoms with Crippen molar-refractivity contribution < 1.29 is 0 Å². The Kier molecular flexibility index (Phi) is 3.95. The zero-order chi connectivity index (χ0) is 17.6. The van der Waals surface area contributed by atoms with Gasteiger partial charge in [-0.3, -0.25) is 0 Å². The third kappa shape index (κ3) is 2.89. The Morgan fingerprint density at radius 3 is 2.44 bits per heavy atom. The molecule has 0 atom stereocenters. The van der Waals surface area contributed by atoms with Crippen molar-refractivity contribution in [3.63, 3.8) is 0 Å². The Morgan fingerprint density at radius 2 is 1.76 bits per heavy atom. The number of benzene rings is 1. The van der Waals surface area contributed by atoms with Crippen molar-refractivity contribution in [3.8, 4) is 11.1 Å². The van der Waals surface area contributed by atoms with Crippen LogP contribution in [0.15, 0.2) is 36.5 Å². The third-order valence-corrected chi connectivity index (χ3v) is 5.15. The second-order valence-corrected chi connectivity index (χ2v) is 8.12. The molecule has 5 heteroatoms. The van der Waals surface area contributed by atoms with Crippen molar-refractivity contribution in [1.82, 2.24) is 14.6 Å². The van der Waals surface area contributed by atoms with Crippen LogP contribution in [0.3, 0.4) is 0 Å². The van der Waals surface area contributed by atoms with Crippen molar-refractivity contribution >= 4 is 23.1 Å². The number of aromatic nitrogens is 3. The van der Waals surface area contributed by atoms with Crippen LogP contribution >= 0.6 is 11.6 Å². The highest BCUT2D eigenvalue weighted by molar-refractivity contribution is 6.33. The van der Waals surface area contributed by atoms with Gasteiger partial charge in [0.15, 0.2) is 5.65 Å². The summed E-state index contributed by atoms with van der Waals surface area (Å²) in [7, 11) is 0. The fourth-order valence-corrected chi connectivity index (χ4v) is 3.61. The summed E-state index contributed by atoms with van der Waals surface area (Å²) in [6.07, 6.45) is 4.34. The van der Waals surface area contributed by atoms with Gasteiger partial charge in [0.25, 0.3) is 0 Å². The summed E-state index contributed by atoms with van der Waals surface area (Å²) in [4.78, 5) is 7.38. The highest BCUT2D eigenvalue weighted by atomic mass is 35.5. The molecule has 4 rings (SSSR count). The smallest absolute Gasteiger partial charge is 0.165 e. The molecule has 0 unspecified atom stereocenters. The van der Waals surface area contributed by atoms with Crippen LogP contribution in [-0.4, -0.2) is 27.7 Å². The second kappa shape index (κ2) is 6.03. The minimum absolute atomic E-state index is 0.0295. The maximum Gasteiger partial charge on any atom is 0.165 e. The fourth-order valence-electron chi connectivity index (χ4n) is 3.37. The summed E-state index contributed by atoms with van der Waals surface area (Å²) < 4.78 is 1.97. The van der Waals surface area contributed by atoms with Gasteiger partial charge in [-0.05, 0) is 18.9 Å². The van der Waals surface area contributed by atoms with Crippen LogP contribution in [0.25, 0.3) is 16.8 Å². The summed E-state index contributed by atoms with van der Waals surface area (Å²) in [6.45, 7) is 8.75. The molecular weight excluding hydrogens is 332 g/mol. The van der Waals surface area contributed by atoms with E-state index in [1.807, 2.05) is 35.0 Å². The van der Waals surface area contributed by atoms with E-state index < -0.39 is 0 Å². The minimum Gasteiger partial charge on any atom is -0.356 e. The van der Waals surface area contributed by atoms with Gasteiger partial charge in [-0.1, -0.05) is 50.6 Å². The molecule has 0 N–H and O–H groups in total. The molecular formula is C20H23ClN4. The first-order valence-electron chi connectivity index (χ1n) is 8.84. The molecule has 130 valence electrons. The molecule has 3 heterocycles. The highest BCUT2D eigenvalue weighted by Gasteiger charge is 2.24. The zero-order valence-corrected chi connectivity index (χ0v) is 15.7. The molecule has 25 heavy (non-hydrogen) atoms. The summed E-state index contributed by atoms with van der Waals surface area (Å²) in [5, 5.41) is 5.38. The number of fused-ring (bicyclic) bond motifs is 1. The second-order valence-electron chi connectivity index (χ2n) is 7.72. The van der Waals surface area contributed by atoms with Crippen LogP contribution in [-0.2, 0) is 5.41 Å². The van der Waals surface area contributed by atoms with Crippen LogP contribution in [0.2, 0.25) is 5.02 Å². The molecule has 3 aromatic rings.